The molecule has 0 atom stereocenters. The van der Waals surface area contributed by atoms with Crippen LogP contribution in [0.1, 0.15) is 43.4 Å². The van der Waals surface area contributed by atoms with Crippen molar-refractivity contribution in [3.63, 3.8) is 0 Å². The lowest BCUT2D eigenvalue weighted by atomic mass is 9.96. The van der Waals surface area contributed by atoms with Crippen LogP contribution in [0, 0.1) is 26.7 Å². The maximum absolute atomic E-state index is 13.2. The fourth-order valence-corrected chi connectivity index (χ4v) is 6.64. The molecule has 29 heavy (non-hydrogen) atoms. The lowest BCUT2D eigenvalue weighted by Crippen LogP contribution is -2.53. The molecule has 2 aliphatic heterocycles. The van der Waals surface area contributed by atoms with E-state index in [2.05, 4.69) is 18.7 Å². The molecule has 6 nitrogen and oxygen atoms in total. The molecule has 2 saturated heterocycles. The molecule has 1 aromatic rings. The second-order valence-corrected chi connectivity index (χ2v) is 10.7. The van der Waals surface area contributed by atoms with Crippen molar-refractivity contribution in [3.8, 4) is 0 Å². The van der Waals surface area contributed by atoms with Crippen LogP contribution in [0.5, 0.6) is 0 Å². The van der Waals surface area contributed by atoms with E-state index in [4.69, 9.17) is 0 Å². The lowest BCUT2D eigenvalue weighted by Gasteiger charge is -2.39. The van der Waals surface area contributed by atoms with Gasteiger partial charge in [-0.1, -0.05) is 17.7 Å². The van der Waals surface area contributed by atoms with Gasteiger partial charge in [0.1, 0.15) is 0 Å². The average molecular weight is 422 g/mol. The van der Waals surface area contributed by atoms with Gasteiger partial charge in [-0.3, -0.25) is 9.69 Å². The zero-order valence-corrected chi connectivity index (χ0v) is 19.3. The number of aryl methyl sites for hydroxylation is 3. The number of nitrogens with zero attached hydrogens (tertiary/aromatic N) is 3. The Morgan fingerprint density at radius 2 is 1.45 bits per heavy atom. The molecule has 0 N–H and O–H groups in total. The third-order valence-corrected chi connectivity index (χ3v) is 8.57. The Kier molecular flexibility index (Phi) is 6.70. The van der Waals surface area contributed by atoms with Gasteiger partial charge in [0.15, 0.2) is 0 Å². The van der Waals surface area contributed by atoms with Crippen molar-refractivity contribution < 1.29 is 13.2 Å². The number of sulfonamides is 1. The molecule has 2 fully saturated rings. The summed E-state index contributed by atoms with van der Waals surface area (Å²) in [5, 5.41) is 0. The van der Waals surface area contributed by atoms with Gasteiger partial charge in [0.25, 0.3) is 0 Å². The van der Waals surface area contributed by atoms with E-state index in [1.165, 1.54) is 0 Å². The first-order chi connectivity index (χ1) is 13.6. The summed E-state index contributed by atoms with van der Waals surface area (Å²) >= 11 is 0. The van der Waals surface area contributed by atoms with Crippen molar-refractivity contribution in [3.05, 3.63) is 28.8 Å². The van der Waals surface area contributed by atoms with Crippen LogP contribution in [0.25, 0.3) is 0 Å². The van der Waals surface area contributed by atoms with Gasteiger partial charge in [0, 0.05) is 51.2 Å². The fraction of sp³-hybridized carbons (Fsp3) is 0.682. The summed E-state index contributed by atoms with van der Waals surface area (Å²) in [6.07, 6.45) is 1.21. The number of rotatable bonds is 4. The zero-order valence-electron chi connectivity index (χ0n) is 18.4. The molecule has 1 aromatic carbocycles. The van der Waals surface area contributed by atoms with E-state index in [-0.39, 0.29) is 11.8 Å². The van der Waals surface area contributed by atoms with Crippen molar-refractivity contribution in [2.24, 2.45) is 5.92 Å². The van der Waals surface area contributed by atoms with Crippen molar-refractivity contribution in [1.29, 1.82) is 0 Å². The molecular formula is C22H35N3O3S. The Hall–Kier alpha value is -1.44. The minimum absolute atomic E-state index is 0.0627. The molecule has 7 heteroatoms. The first-order valence-electron chi connectivity index (χ1n) is 10.7. The second kappa shape index (κ2) is 8.74. The molecule has 162 valence electrons. The van der Waals surface area contributed by atoms with E-state index in [9.17, 15) is 13.2 Å². The van der Waals surface area contributed by atoms with Crippen molar-refractivity contribution in [1.82, 2.24) is 14.1 Å². The molecule has 2 heterocycles. The van der Waals surface area contributed by atoms with Crippen LogP contribution in [-0.4, -0.2) is 73.7 Å². The molecule has 0 spiro atoms. The van der Waals surface area contributed by atoms with E-state index < -0.39 is 10.0 Å². The quantitative estimate of drug-likeness (QED) is 0.750. The molecule has 0 radical (unpaired) electrons. The monoisotopic (exact) mass is 421 g/mol. The summed E-state index contributed by atoms with van der Waals surface area (Å²) in [4.78, 5) is 17.7. The van der Waals surface area contributed by atoms with E-state index >= 15 is 0 Å². The number of hydrogen-bond donors (Lipinski definition) is 0. The predicted octanol–water partition coefficient (Wildman–Crippen LogP) is 2.57. The number of carbonyl (C=O) groups excluding carboxylic acids is 1. The highest BCUT2D eigenvalue weighted by Gasteiger charge is 2.35. The van der Waals surface area contributed by atoms with Crippen LogP contribution in [-0.2, 0) is 14.8 Å². The maximum atomic E-state index is 13.2. The maximum Gasteiger partial charge on any atom is 0.243 e. The Labute approximate surface area is 175 Å². The molecule has 0 bridgehead atoms. The largest absolute Gasteiger partial charge is 0.340 e. The van der Waals surface area contributed by atoms with Crippen molar-refractivity contribution in [2.45, 2.75) is 58.4 Å². The summed E-state index contributed by atoms with van der Waals surface area (Å²) < 4.78 is 28.1. The molecule has 2 aliphatic rings. The molecule has 0 saturated carbocycles. The summed E-state index contributed by atoms with van der Waals surface area (Å²) in [5.41, 5.74) is 2.66. The molecule has 0 aromatic heterocycles. The lowest BCUT2D eigenvalue weighted by molar-refractivity contribution is -0.138. The number of piperazine rings is 1. The number of carbonyl (C=O) groups is 1. The van der Waals surface area contributed by atoms with Gasteiger partial charge in [-0.15, -0.1) is 0 Å². The van der Waals surface area contributed by atoms with Gasteiger partial charge in [0.2, 0.25) is 15.9 Å². The SMILES string of the molecule is Cc1cc(C)c(S(=O)(=O)N2CCC(C(=O)N3CCN(C(C)C)CC3)CC2)c(C)c1. The standard InChI is InChI=1S/C22H35N3O3S/c1-16(2)23-10-12-24(13-11-23)22(26)20-6-8-25(9-7-20)29(27,28)21-18(4)14-17(3)15-19(21)5/h14-16,20H,6-13H2,1-5H3. The molecule has 3 rings (SSSR count). The highest BCUT2D eigenvalue weighted by Crippen LogP contribution is 2.29. The number of amides is 1. The Bertz CT molecular complexity index is 827. The molecule has 0 unspecified atom stereocenters. The van der Waals surface area contributed by atoms with Crippen LogP contribution < -0.4 is 0 Å². The van der Waals surface area contributed by atoms with Crippen LogP contribution in [0.2, 0.25) is 0 Å². The molecule has 0 aliphatic carbocycles. The minimum atomic E-state index is -3.53. The minimum Gasteiger partial charge on any atom is -0.340 e. The Morgan fingerprint density at radius 1 is 0.931 bits per heavy atom. The smallest absolute Gasteiger partial charge is 0.243 e. The number of piperidine rings is 1. The summed E-state index contributed by atoms with van der Waals surface area (Å²) in [6.45, 7) is 14.3. The highest BCUT2D eigenvalue weighted by atomic mass is 32.2. The third kappa shape index (κ3) is 4.67. The van der Waals surface area contributed by atoms with Crippen LogP contribution in [0.4, 0.5) is 0 Å². The second-order valence-electron chi connectivity index (χ2n) is 8.86. The summed E-state index contributed by atoms with van der Waals surface area (Å²) in [7, 11) is -3.53. The summed E-state index contributed by atoms with van der Waals surface area (Å²) in [5.74, 6) is 0.139. The van der Waals surface area contributed by atoms with Crippen molar-refractivity contribution in [2.75, 3.05) is 39.3 Å². The van der Waals surface area contributed by atoms with E-state index in [1.807, 2.05) is 37.8 Å². The average Bonchev–Trinajstić information content (AvgIpc) is 2.66. The van der Waals surface area contributed by atoms with Crippen LogP contribution in [0.15, 0.2) is 17.0 Å². The Morgan fingerprint density at radius 3 is 1.93 bits per heavy atom. The first kappa shape index (κ1) is 22.2. The van der Waals surface area contributed by atoms with Gasteiger partial charge in [-0.2, -0.15) is 4.31 Å². The highest BCUT2D eigenvalue weighted by molar-refractivity contribution is 7.89. The fourth-order valence-electron chi connectivity index (χ4n) is 4.76. The van der Waals surface area contributed by atoms with Crippen LogP contribution in [0.3, 0.4) is 0 Å². The van der Waals surface area contributed by atoms with Crippen molar-refractivity contribution >= 4 is 15.9 Å². The number of benzene rings is 1. The topological polar surface area (TPSA) is 60.9 Å². The van der Waals surface area contributed by atoms with Gasteiger partial charge in [0.05, 0.1) is 4.90 Å². The van der Waals surface area contributed by atoms with E-state index in [0.717, 1.165) is 42.9 Å². The van der Waals surface area contributed by atoms with Crippen LogP contribution >= 0.6 is 0 Å². The molecule has 1 amide bonds. The van der Waals surface area contributed by atoms with Gasteiger partial charge in [-0.05, 0) is 58.6 Å². The normalized spacial score (nSPS) is 20.4. The summed E-state index contributed by atoms with van der Waals surface area (Å²) in [6, 6.07) is 4.36. The van der Waals surface area contributed by atoms with E-state index in [1.54, 1.807) is 4.31 Å². The first-order valence-corrected chi connectivity index (χ1v) is 12.2. The van der Waals surface area contributed by atoms with Gasteiger partial charge >= 0.3 is 0 Å². The zero-order chi connectivity index (χ0) is 21.3. The predicted molar refractivity (Wildman–Crippen MR) is 115 cm³/mol. The third-order valence-electron chi connectivity index (χ3n) is 6.36. The van der Waals surface area contributed by atoms with Gasteiger partial charge < -0.3 is 4.90 Å². The molecular weight excluding hydrogens is 386 g/mol. The van der Waals surface area contributed by atoms with Gasteiger partial charge in [-0.25, -0.2) is 8.42 Å². The number of hydrogen-bond acceptors (Lipinski definition) is 4. The van der Waals surface area contributed by atoms with E-state index in [0.29, 0.717) is 36.9 Å². The Balaban J connectivity index is 1.63.